The highest BCUT2D eigenvalue weighted by Gasteiger charge is 2.15. The Hall–Kier alpha value is -1.10. The van der Waals surface area contributed by atoms with Crippen molar-refractivity contribution < 1.29 is 9.84 Å². The second kappa shape index (κ2) is 6.89. The monoisotopic (exact) mass is 264 g/mol. The van der Waals surface area contributed by atoms with E-state index in [2.05, 4.69) is 16.8 Å². The lowest BCUT2D eigenvalue weighted by Crippen LogP contribution is -2.44. The van der Waals surface area contributed by atoms with Crippen LogP contribution in [-0.2, 0) is 0 Å². The van der Waals surface area contributed by atoms with E-state index in [0.29, 0.717) is 0 Å². The third kappa shape index (κ3) is 4.20. The first-order chi connectivity index (χ1) is 9.19. The molecular formula is C15H24N2O2. The van der Waals surface area contributed by atoms with Gasteiger partial charge in [-0.25, -0.2) is 0 Å². The summed E-state index contributed by atoms with van der Waals surface area (Å²) >= 11 is 0. The molecule has 106 valence electrons. The molecule has 4 heteroatoms. The fourth-order valence-electron chi connectivity index (χ4n) is 2.39. The molecule has 1 aromatic rings. The lowest BCUT2D eigenvalue weighted by atomic mass is 10.1. The van der Waals surface area contributed by atoms with Crippen molar-refractivity contribution in [2.24, 2.45) is 0 Å². The zero-order chi connectivity index (χ0) is 13.7. The highest BCUT2D eigenvalue weighted by Crippen LogP contribution is 2.21. The number of aliphatic hydroxyl groups excluding tert-OH is 1. The van der Waals surface area contributed by atoms with Crippen LogP contribution in [0.15, 0.2) is 24.3 Å². The Balaban J connectivity index is 1.81. The van der Waals surface area contributed by atoms with Gasteiger partial charge in [-0.15, -0.1) is 0 Å². The number of methoxy groups -OCH3 is 1. The average molecular weight is 264 g/mol. The van der Waals surface area contributed by atoms with Crippen LogP contribution in [0.25, 0.3) is 0 Å². The maximum absolute atomic E-state index is 10.2. The molecule has 0 aliphatic carbocycles. The molecule has 1 aromatic carbocycles. The first-order valence-corrected chi connectivity index (χ1v) is 6.92. The summed E-state index contributed by atoms with van der Waals surface area (Å²) in [5, 5.41) is 10.2. The van der Waals surface area contributed by atoms with Crippen molar-refractivity contribution in [3.63, 3.8) is 0 Å². The van der Waals surface area contributed by atoms with Gasteiger partial charge in [0.15, 0.2) is 0 Å². The normalized spacial score (nSPS) is 19.3. The standard InChI is InChI=1S/C15H24N2O2/c1-16-8-10-17(11-9-16)7-6-15(18)13-4-3-5-14(12-13)19-2/h3-5,12,15,18H,6-11H2,1-2H3. The number of likely N-dealkylation sites (N-methyl/N-ethyl adjacent to an activating group) is 1. The SMILES string of the molecule is COc1cccc(C(O)CCN2CCN(C)CC2)c1. The maximum atomic E-state index is 10.2. The number of ether oxygens (including phenoxy) is 1. The Bertz CT molecular complexity index is 389. The number of hydrogen-bond acceptors (Lipinski definition) is 4. The summed E-state index contributed by atoms with van der Waals surface area (Å²) in [4.78, 5) is 4.76. The highest BCUT2D eigenvalue weighted by atomic mass is 16.5. The minimum absolute atomic E-state index is 0.408. The van der Waals surface area contributed by atoms with Gasteiger partial charge in [0, 0.05) is 32.7 Å². The highest BCUT2D eigenvalue weighted by molar-refractivity contribution is 5.29. The fourth-order valence-corrected chi connectivity index (χ4v) is 2.39. The Morgan fingerprint density at radius 3 is 2.68 bits per heavy atom. The predicted octanol–water partition coefficient (Wildman–Crippen LogP) is 1.37. The number of piperazine rings is 1. The molecule has 1 aliphatic heterocycles. The minimum atomic E-state index is -0.408. The molecule has 0 spiro atoms. The van der Waals surface area contributed by atoms with Gasteiger partial charge in [0.05, 0.1) is 13.2 Å². The molecule has 1 unspecified atom stereocenters. The number of hydrogen-bond donors (Lipinski definition) is 1. The molecule has 1 heterocycles. The van der Waals surface area contributed by atoms with Crippen molar-refractivity contribution in [2.45, 2.75) is 12.5 Å². The summed E-state index contributed by atoms with van der Waals surface area (Å²) < 4.78 is 5.18. The molecule has 4 nitrogen and oxygen atoms in total. The Labute approximate surface area is 115 Å². The molecule has 1 atom stereocenters. The van der Waals surface area contributed by atoms with Gasteiger partial charge in [-0.3, -0.25) is 0 Å². The molecule has 0 saturated carbocycles. The van der Waals surface area contributed by atoms with Crippen LogP contribution in [0.2, 0.25) is 0 Å². The van der Waals surface area contributed by atoms with E-state index in [1.54, 1.807) is 7.11 Å². The van der Waals surface area contributed by atoms with E-state index in [1.165, 1.54) is 0 Å². The first-order valence-electron chi connectivity index (χ1n) is 6.92. The van der Waals surface area contributed by atoms with Crippen molar-refractivity contribution in [2.75, 3.05) is 46.9 Å². The van der Waals surface area contributed by atoms with E-state index < -0.39 is 6.10 Å². The largest absolute Gasteiger partial charge is 0.497 e. The van der Waals surface area contributed by atoms with E-state index >= 15 is 0 Å². The van der Waals surface area contributed by atoms with Crippen LogP contribution in [0.4, 0.5) is 0 Å². The van der Waals surface area contributed by atoms with Crippen molar-refractivity contribution in [3.8, 4) is 5.75 Å². The molecule has 1 fully saturated rings. The van der Waals surface area contributed by atoms with Crippen LogP contribution < -0.4 is 4.74 Å². The van der Waals surface area contributed by atoms with Gasteiger partial charge in [-0.05, 0) is 31.2 Å². The van der Waals surface area contributed by atoms with Gasteiger partial charge in [0.25, 0.3) is 0 Å². The average Bonchev–Trinajstić information content (AvgIpc) is 2.46. The summed E-state index contributed by atoms with van der Waals surface area (Å²) in [6, 6.07) is 7.69. The number of rotatable bonds is 5. The van der Waals surface area contributed by atoms with Gasteiger partial charge in [-0.1, -0.05) is 12.1 Å². The summed E-state index contributed by atoms with van der Waals surface area (Å²) in [5.74, 6) is 0.802. The number of nitrogens with zero attached hydrogens (tertiary/aromatic N) is 2. The smallest absolute Gasteiger partial charge is 0.119 e. The van der Waals surface area contributed by atoms with Crippen molar-refractivity contribution >= 4 is 0 Å². The molecule has 0 aromatic heterocycles. The van der Waals surface area contributed by atoms with Crippen LogP contribution in [0.3, 0.4) is 0 Å². The molecule has 1 N–H and O–H groups in total. The lowest BCUT2D eigenvalue weighted by Gasteiger charge is -2.32. The van der Waals surface area contributed by atoms with Gasteiger partial charge in [-0.2, -0.15) is 0 Å². The van der Waals surface area contributed by atoms with E-state index in [4.69, 9.17) is 4.74 Å². The van der Waals surface area contributed by atoms with Gasteiger partial charge < -0.3 is 19.6 Å². The second-order valence-electron chi connectivity index (χ2n) is 5.23. The molecule has 0 bridgehead atoms. The molecule has 2 rings (SSSR count). The predicted molar refractivity (Wildman–Crippen MR) is 76.5 cm³/mol. The van der Waals surface area contributed by atoms with Gasteiger partial charge >= 0.3 is 0 Å². The van der Waals surface area contributed by atoms with Crippen molar-refractivity contribution in [3.05, 3.63) is 29.8 Å². The lowest BCUT2D eigenvalue weighted by molar-refractivity contribution is 0.112. The summed E-state index contributed by atoms with van der Waals surface area (Å²) in [6.07, 6.45) is 0.367. The van der Waals surface area contributed by atoms with E-state index in [1.807, 2.05) is 24.3 Å². The van der Waals surface area contributed by atoms with E-state index in [-0.39, 0.29) is 0 Å². The third-order valence-corrected chi connectivity index (χ3v) is 3.79. The van der Waals surface area contributed by atoms with E-state index in [0.717, 1.165) is 50.5 Å². The Kier molecular flexibility index (Phi) is 5.19. The molecule has 1 aliphatic rings. The molecule has 0 radical (unpaired) electrons. The zero-order valence-electron chi connectivity index (χ0n) is 11.9. The van der Waals surface area contributed by atoms with Gasteiger partial charge in [0.2, 0.25) is 0 Å². The zero-order valence-corrected chi connectivity index (χ0v) is 11.9. The Morgan fingerprint density at radius 1 is 1.26 bits per heavy atom. The maximum Gasteiger partial charge on any atom is 0.119 e. The van der Waals surface area contributed by atoms with Crippen molar-refractivity contribution in [1.82, 2.24) is 9.80 Å². The molecular weight excluding hydrogens is 240 g/mol. The van der Waals surface area contributed by atoms with Crippen LogP contribution in [0, 0.1) is 0 Å². The van der Waals surface area contributed by atoms with Crippen LogP contribution in [0.5, 0.6) is 5.75 Å². The van der Waals surface area contributed by atoms with Gasteiger partial charge in [0.1, 0.15) is 5.75 Å². The summed E-state index contributed by atoms with van der Waals surface area (Å²) in [5.41, 5.74) is 0.938. The fraction of sp³-hybridized carbons (Fsp3) is 0.600. The number of benzene rings is 1. The molecule has 0 amide bonds. The number of aliphatic hydroxyl groups is 1. The van der Waals surface area contributed by atoms with Crippen LogP contribution >= 0.6 is 0 Å². The Morgan fingerprint density at radius 2 is 2.00 bits per heavy atom. The summed E-state index contributed by atoms with van der Waals surface area (Å²) in [7, 11) is 3.80. The topological polar surface area (TPSA) is 35.9 Å². The second-order valence-corrected chi connectivity index (χ2v) is 5.23. The van der Waals surface area contributed by atoms with Crippen LogP contribution in [0.1, 0.15) is 18.1 Å². The minimum Gasteiger partial charge on any atom is -0.497 e. The van der Waals surface area contributed by atoms with E-state index in [9.17, 15) is 5.11 Å². The molecule has 1 saturated heterocycles. The first kappa shape index (κ1) is 14.3. The third-order valence-electron chi connectivity index (χ3n) is 3.79. The summed E-state index contributed by atoms with van der Waals surface area (Å²) in [6.45, 7) is 5.39. The molecule has 19 heavy (non-hydrogen) atoms. The van der Waals surface area contributed by atoms with Crippen molar-refractivity contribution in [1.29, 1.82) is 0 Å². The van der Waals surface area contributed by atoms with Crippen LogP contribution in [-0.4, -0.2) is 61.8 Å². The quantitative estimate of drug-likeness (QED) is 0.871.